The summed E-state index contributed by atoms with van der Waals surface area (Å²) in [6.45, 7) is 1.43. The third-order valence-electron chi connectivity index (χ3n) is 2.04. The highest BCUT2D eigenvalue weighted by molar-refractivity contribution is 6.25. The number of hydrogen-bond acceptors (Lipinski definition) is 2. The summed E-state index contributed by atoms with van der Waals surface area (Å²) in [5.74, 6) is 0.694. The van der Waals surface area contributed by atoms with E-state index in [0.717, 1.165) is 19.4 Å². The molecule has 0 unspecified atom stereocenters. The van der Waals surface area contributed by atoms with Crippen molar-refractivity contribution < 1.29 is 4.74 Å². The fraction of sp³-hybridized carbons (Fsp3) is 0.750. The van der Waals surface area contributed by atoms with E-state index in [1.807, 2.05) is 0 Å². The van der Waals surface area contributed by atoms with Crippen molar-refractivity contribution in [2.45, 2.75) is 18.9 Å². The third-order valence-corrected chi connectivity index (χ3v) is 2.22. The number of ether oxygens (including phenoxy) is 1. The molecule has 0 atom stereocenters. The topological polar surface area (TPSA) is 35.2 Å². The first-order valence-electron chi connectivity index (χ1n) is 3.93. The molecule has 2 N–H and O–H groups in total. The smallest absolute Gasteiger partial charge is 0.0662 e. The predicted molar refractivity (Wildman–Crippen MR) is 46.5 cm³/mol. The Hall–Kier alpha value is -0.0500. The van der Waals surface area contributed by atoms with Crippen molar-refractivity contribution in [3.8, 4) is 0 Å². The Morgan fingerprint density at radius 2 is 2.27 bits per heavy atom. The average Bonchev–Trinajstić information content (AvgIpc) is 1.94. The maximum Gasteiger partial charge on any atom is 0.0662 e. The van der Waals surface area contributed by atoms with Crippen molar-refractivity contribution in [3.05, 3.63) is 11.6 Å². The van der Waals surface area contributed by atoms with Crippen LogP contribution in [0, 0.1) is 5.92 Å². The van der Waals surface area contributed by atoms with Crippen LogP contribution in [0.4, 0.5) is 0 Å². The lowest BCUT2D eigenvalue weighted by atomic mass is 9.82. The van der Waals surface area contributed by atoms with Gasteiger partial charge in [0.15, 0.2) is 0 Å². The lowest BCUT2D eigenvalue weighted by molar-refractivity contribution is -0.0142. The Bertz CT molecular complexity index is 132. The summed E-state index contributed by atoms with van der Waals surface area (Å²) >= 11 is 5.32. The molecule has 0 heterocycles. The zero-order valence-corrected chi connectivity index (χ0v) is 7.26. The summed E-state index contributed by atoms with van der Waals surface area (Å²) in [7, 11) is 0. The molecule has 0 saturated heterocycles. The van der Waals surface area contributed by atoms with Crippen LogP contribution >= 0.6 is 11.6 Å². The van der Waals surface area contributed by atoms with Gasteiger partial charge in [-0.25, -0.2) is 0 Å². The molecule has 64 valence electrons. The highest BCUT2D eigenvalue weighted by Gasteiger charge is 2.27. The minimum Gasteiger partial charge on any atom is -0.374 e. The first kappa shape index (κ1) is 9.04. The summed E-state index contributed by atoms with van der Waals surface area (Å²) in [6, 6.07) is 0. The zero-order chi connectivity index (χ0) is 8.10. The van der Waals surface area contributed by atoms with Crippen molar-refractivity contribution in [2.24, 2.45) is 11.7 Å². The Labute approximate surface area is 72.4 Å². The van der Waals surface area contributed by atoms with Crippen LogP contribution in [0.2, 0.25) is 0 Å². The van der Waals surface area contributed by atoms with Crippen LogP contribution in [-0.2, 0) is 4.74 Å². The second-order valence-corrected chi connectivity index (χ2v) is 3.14. The molecule has 0 radical (unpaired) electrons. The zero-order valence-electron chi connectivity index (χ0n) is 6.50. The van der Waals surface area contributed by atoms with Crippen molar-refractivity contribution in [1.29, 1.82) is 0 Å². The molecule has 0 aromatic rings. The van der Waals surface area contributed by atoms with Gasteiger partial charge in [-0.05, 0) is 31.4 Å². The maximum atomic E-state index is 5.46. The molecular weight excluding hydrogens is 162 g/mol. The van der Waals surface area contributed by atoms with Gasteiger partial charge in [-0.1, -0.05) is 11.6 Å². The van der Waals surface area contributed by atoms with E-state index >= 15 is 0 Å². The fourth-order valence-electron chi connectivity index (χ4n) is 1.23. The summed E-state index contributed by atoms with van der Waals surface area (Å²) in [5, 5.41) is 0. The molecule has 11 heavy (non-hydrogen) atoms. The van der Waals surface area contributed by atoms with Gasteiger partial charge in [-0.2, -0.15) is 0 Å². The fourth-order valence-corrected chi connectivity index (χ4v) is 1.30. The van der Waals surface area contributed by atoms with Crippen LogP contribution < -0.4 is 5.73 Å². The molecule has 0 spiro atoms. The monoisotopic (exact) mass is 175 g/mol. The van der Waals surface area contributed by atoms with E-state index in [0.29, 0.717) is 18.6 Å². The molecule has 2 nitrogen and oxygen atoms in total. The molecule has 1 aliphatic carbocycles. The molecule has 0 aromatic carbocycles. The van der Waals surface area contributed by atoms with Crippen LogP contribution in [0.15, 0.2) is 11.6 Å². The van der Waals surface area contributed by atoms with Crippen molar-refractivity contribution in [2.75, 3.05) is 13.2 Å². The van der Waals surface area contributed by atoms with Crippen LogP contribution in [0.1, 0.15) is 12.8 Å². The van der Waals surface area contributed by atoms with Crippen LogP contribution in [0.3, 0.4) is 0 Å². The molecule has 0 aromatic heterocycles. The van der Waals surface area contributed by atoms with Crippen molar-refractivity contribution in [1.82, 2.24) is 0 Å². The average molecular weight is 176 g/mol. The molecule has 1 aliphatic rings. The highest BCUT2D eigenvalue weighted by atomic mass is 35.5. The number of hydrogen-bond donors (Lipinski definition) is 1. The minimum absolute atomic E-state index is 0.427. The van der Waals surface area contributed by atoms with Gasteiger partial charge < -0.3 is 10.5 Å². The Balaban J connectivity index is 1.96. The largest absolute Gasteiger partial charge is 0.374 e. The van der Waals surface area contributed by atoms with Gasteiger partial charge in [0.05, 0.1) is 12.7 Å². The van der Waals surface area contributed by atoms with Gasteiger partial charge in [0.25, 0.3) is 0 Å². The number of halogens is 1. The predicted octanol–water partition coefficient (Wildman–Crippen LogP) is 1.49. The van der Waals surface area contributed by atoms with E-state index in [-0.39, 0.29) is 0 Å². The minimum atomic E-state index is 0.427. The number of nitrogens with two attached hydrogens (primary N) is 1. The van der Waals surface area contributed by atoms with E-state index in [9.17, 15) is 0 Å². The Morgan fingerprint density at radius 3 is 2.82 bits per heavy atom. The first-order chi connectivity index (χ1) is 5.36. The second kappa shape index (κ2) is 4.75. The van der Waals surface area contributed by atoms with Crippen molar-refractivity contribution >= 4 is 11.6 Å². The summed E-state index contributed by atoms with van der Waals surface area (Å²) in [6.07, 6.45) is 4.47. The molecule has 1 rings (SSSR count). The Morgan fingerprint density at radius 1 is 1.55 bits per heavy atom. The van der Waals surface area contributed by atoms with Gasteiger partial charge in [-0.15, -0.1) is 0 Å². The van der Waals surface area contributed by atoms with E-state index < -0.39 is 0 Å². The van der Waals surface area contributed by atoms with Gasteiger partial charge in [-0.3, -0.25) is 0 Å². The van der Waals surface area contributed by atoms with Crippen molar-refractivity contribution in [3.63, 3.8) is 0 Å². The molecule has 0 aliphatic heterocycles. The second-order valence-electron chi connectivity index (χ2n) is 2.89. The highest BCUT2D eigenvalue weighted by Crippen LogP contribution is 2.28. The third kappa shape index (κ3) is 2.81. The molecular formula is C8H14ClNO. The quantitative estimate of drug-likeness (QED) is 0.703. The maximum absolute atomic E-state index is 5.46. The van der Waals surface area contributed by atoms with E-state index in [1.54, 1.807) is 6.08 Å². The van der Waals surface area contributed by atoms with Crippen LogP contribution in [0.25, 0.3) is 0 Å². The van der Waals surface area contributed by atoms with E-state index in [1.165, 1.54) is 5.54 Å². The van der Waals surface area contributed by atoms with Gasteiger partial charge in [0.1, 0.15) is 0 Å². The van der Waals surface area contributed by atoms with Gasteiger partial charge >= 0.3 is 0 Å². The number of rotatable bonds is 4. The molecule has 1 saturated carbocycles. The first-order valence-corrected chi connectivity index (χ1v) is 4.37. The van der Waals surface area contributed by atoms with Gasteiger partial charge in [0, 0.05) is 5.54 Å². The summed E-state index contributed by atoms with van der Waals surface area (Å²) in [4.78, 5) is 0. The lowest BCUT2D eigenvalue weighted by Gasteiger charge is -2.33. The molecule has 3 heteroatoms. The molecule has 0 bridgehead atoms. The summed E-state index contributed by atoms with van der Waals surface area (Å²) < 4.78 is 5.42. The lowest BCUT2D eigenvalue weighted by Crippen LogP contribution is -2.35. The normalized spacial score (nSPS) is 30.7. The van der Waals surface area contributed by atoms with Gasteiger partial charge in [0.2, 0.25) is 0 Å². The van der Waals surface area contributed by atoms with Crippen LogP contribution in [-0.4, -0.2) is 19.3 Å². The molecule has 1 fully saturated rings. The van der Waals surface area contributed by atoms with E-state index in [4.69, 9.17) is 22.1 Å². The van der Waals surface area contributed by atoms with E-state index in [2.05, 4.69) is 0 Å². The SMILES string of the molecule is NCC1CC(OCC=CCl)C1. The van der Waals surface area contributed by atoms with Crippen LogP contribution in [0.5, 0.6) is 0 Å². The Kier molecular flexibility index (Phi) is 3.91. The summed E-state index contributed by atoms with van der Waals surface area (Å²) in [5.41, 5.74) is 6.95. The standard InChI is InChI=1S/C8H14ClNO/c9-2-1-3-11-8-4-7(5-8)6-10/h1-2,7-8H,3-6,10H2. The molecule has 0 amide bonds.